The number of Topliss-reactive ketones (excluding diaryl/α,β-unsaturated/α-hetero) is 1. The Balaban J connectivity index is 1.46. The van der Waals surface area contributed by atoms with Crippen molar-refractivity contribution in [2.75, 3.05) is 12.0 Å². The minimum atomic E-state index is -0.537. The van der Waals surface area contributed by atoms with Crippen LogP contribution < -0.4 is 9.64 Å². The first-order chi connectivity index (χ1) is 17.5. The van der Waals surface area contributed by atoms with Crippen molar-refractivity contribution in [3.63, 3.8) is 0 Å². The molecular formula is C28H29N3O5. The van der Waals surface area contributed by atoms with Crippen LogP contribution >= 0.6 is 0 Å². The molecule has 1 aliphatic carbocycles. The summed E-state index contributed by atoms with van der Waals surface area (Å²) in [5.41, 5.74) is 2.37. The number of aliphatic hydroxyl groups excluding tert-OH is 1. The molecule has 3 aromatic rings. The second-order valence-corrected chi connectivity index (χ2v) is 9.42. The number of benzene rings is 2. The predicted octanol–water partition coefficient (Wildman–Crippen LogP) is 4.97. The Morgan fingerprint density at radius 3 is 2.39 bits per heavy atom. The van der Waals surface area contributed by atoms with E-state index in [-0.39, 0.29) is 23.7 Å². The standard InChI is InChI=1S/C28H29N3O5/c1-17-29-27(36-30-17)20-10-12-21(13-11-20)31-25(19-6-4-3-5-7-19)24(26(33)28(31)34)23(32)16-18-8-14-22(35-2)15-9-18/h8-15,19,25,33H,3-7,16H2,1-2H3. The summed E-state index contributed by atoms with van der Waals surface area (Å²) in [6, 6.07) is 14.0. The number of anilines is 1. The maximum absolute atomic E-state index is 13.5. The van der Waals surface area contributed by atoms with E-state index in [9.17, 15) is 14.7 Å². The molecule has 1 atom stereocenters. The molecule has 5 rings (SSSR count). The molecule has 0 bridgehead atoms. The fourth-order valence-corrected chi connectivity index (χ4v) is 5.30. The highest BCUT2D eigenvalue weighted by atomic mass is 16.5. The van der Waals surface area contributed by atoms with Crippen molar-refractivity contribution in [2.24, 2.45) is 5.92 Å². The van der Waals surface area contributed by atoms with Crippen LogP contribution in [-0.2, 0) is 16.0 Å². The minimum absolute atomic E-state index is 0.0976. The second kappa shape index (κ2) is 9.97. The molecule has 1 N–H and O–H groups in total. The monoisotopic (exact) mass is 487 g/mol. The molecule has 0 radical (unpaired) electrons. The van der Waals surface area contributed by atoms with Gasteiger partial charge in [-0.25, -0.2) is 0 Å². The van der Waals surface area contributed by atoms with Crippen LogP contribution in [0.5, 0.6) is 5.75 Å². The number of carbonyl (C=O) groups excluding carboxylic acids is 2. The molecule has 2 aliphatic rings. The van der Waals surface area contributed by atoms with Crippen LogP contribution in [0.25, 0.3) is 11.5 Å². The number of methoxy groups -OCH3 is 1. The van der Waals surface area contributed by atoms with E-state index in [2.05, 4.69) is 10.1 Å². The van der Waals surface area contributed by atoms with Gasteiger partial charge in [0.1, 0.15) is 5.75 Å². The Hall–Kier alpha value is -3.94. The van der Waals surface area contributed by atoms with E-state index in [0.717, 1.165) is 43.2 Å². The molecule has 0 saturated heterocycles. The number of amides is 1. The van der Waals surface area contributed by atoms with E-state index in [0.29, 0.717) is 23.2 Å². The van der Waals surface area contributed by atoms with Crippen molar-refractivity contribution in [1.29, 1.82) is 0 Å². The van der Waals surface area contributed by atoms with Gasteiger partial charge in [0.2, 0.25) is 0 Å². The van der Waals surface area contributed by atoms with Crippen molar-refractivity contribution >= 4 is 17.4 Å². The van der Waals surface area contributed by atoms with Gasteiger partial charge in [0, 0.05) is 17.7 Å². The van der Waals surface area contributed by atoms with Crippen LogP contribution in [0.4, 0.5) is 5.69 Å². The Bertz CT molecular complexity index is 1290. The summed E-state index contributed by atoms with van der Waals surface area (Å²) in [6.45, 7) is 1.75. The van der Waals surface area contributed by atoms with Gasteiger partial charge in [-0.05, 0) is 67.6 Å². The van der Waals surface area contributed by atoms with Gasteiger partial charge in [0.15, 0.2) is 17.4 Å². The number of aromatic nitrogens is 2. The Kier molecular flexibility index (Phi) is 6.59. The van der Waals surface area contributed by atoms with Gasteiger partial charge in [-0.3, -0.25) is 14.5 Å². The molecule has 1 amide bonds. The van der Waals surface area contributed by atoms with Gasteiger partial charge < -0.3 is 14.4 Å². The Morgan fingerprint density at radius 2 is 1.78 bits per heavy atom. The Labute approximate surface area is 209 Å². The van der Waals surface area contributed by atoms with Crippen molar-refractivity contribution in [3.8, 4) is 17.2 Å². The number of nitrogens with zero attached hydrogens (tertiary/aromatic N) is 3. The predicted molar refractivity (Wildman–Crippen MR) is 134 cm³/mol. The van der Waals surface area contributed by atoms with Crippen molar-refractivity contribution in [2.45, 2.75) is 51.5 Å². The number of hydrogen-bond donors (Lipinski definition) is 1. The van der Waals surface area contributed by atoms with Crippen LogP contribution in [0.15, 0.2) is 64.4 Å². The van der Waals surface area contributed by atoms with Crippen LogP contribution in [0.2, 0.25) is 0 Å². The lowest BCUT2D eigenvalue weighted by molar-refractivity contribution is -0.117. The largest absolute Gasteiger partial charge is 0.503 e. The minimum Gasteiger partial charge on any atom is -0.503 e. The van der Waals surface area contributed by atoms with Crippen LogP contribution in [0.3, 0.4) is 0 Å². The molecule has 0 spiro atoms. The SMILES string of the molecule is COc1ccc(CC(=O)C2=C(O)C(=O)N(c3ccc(-c4nc(C)no4)cc3)C2C2CCCCC2)cc1. The quantitative estimate of drug-likeness (QED) is 0.501. The van der Waals surface area contributed by atoms with Crippen LogP contribution in [-0.4, -0.2) is 40.1 Å². The fraction of sp³-hybridized carbons (Fsp3) is 0.357. The average Bonchev–Trinajstić information content (AvgIpc) is 3.46. The molecule has 36 heavy (non-hydrogen) atoms. The first-order valence-electron chi connectivity index (χ1n) is 12.3. The van der Waals surface area contributed by atoms with Gasteiger partial charge >= 0.3 is 0 Å². The normalized spacial score (nSPS) is 18.7. The molecule has 1 fully saturated rings. The average molecular weight is 488 g/mol. The zero-order valence-electron chi connectivity index (χ0n) is 20.4. The maximum Gasteiger partial charge on any atom is 0.294 e. The fourth-order valence-electron chi connectivity index (χ4n) is 5.30. The summed E-state index contributed by atoms with van der Waals surface area (Å²) in [7, 11) is 1.59. The maximum atomic E-state index is 13.5. The first-order valence-corrected chi connectivity index (χ1v) is 12.3. The summed E-state index contributed by atoms with van der Waals surface area (Å²) in [5.74, 6) is 0.519. The molecule has 1 aromatic heterocycles. The highest BCUT2D eigenvalue weighted by molar-refractivity contribution is 6.16. The lowest BCUT2D eigenvalue weighted by Gasteiger charge is -2.35. The molecule has 2 aromatic carbocycles. The number of hydrogen-bond acceptors (Lipinski definition) is 7. The van der Waals surface area contributed by atoms with E-state index in [1.165, 1.54) is 0 Å². The molecule has 2 heterocycles. The molecule has 186 valence electrons. The van der Waals surface area contributed by atoms with Gasteiger partial charge in [0.25, 0.3) is 11.8 Å². The lowest BCUT2D eigenvalue weighted by Crippen LogP contribution is -2.43. The van der Waals surface area contributed by atoms with E-state index in [1.54, 1.807) is 43.2 Å². The molecule has 1 aliphatic heterocycles. The number of ketones is 1. The van der Waals surface area contributed by atoms with Gasteiger partial charge in [-0.2, -0.15) is 4.98 Å². The number of aliphatic hydroxyl groups is 1. The second-order valence-electron chi connectivity index (χ2n) is 9.42. The molecular weight excluding hydrogens is 458 g/mol. The van der Waals surface area contributed by atoms with Gasteiger partial charge in [-0.15, -0.1) is 0 Å². The molecule has 8 heteroatoms. The third-order valence-electron chi connectivity index (χ3n) is 7.09. The van der Waals surface area contributed by atoms with E-state index in [1.807, 2.05) is 24.3 Å². The summed E-state index contributed by atoms with van der Waals surface area (Å²) < 4.78 is 10.5. The van der Waals surface area contributed by atoms with E-state index in [4.69, 9.17) is 9.26 Å². The number of carbonyl (C=O) groups is 2. The third-order valence-corrected chi connectivity index (χ3v) is 7.09. The summed E-state index contributed by atoms with van der Waals surface area (Å²) in [4.78, 5) is 32.8. The van der Waals surface area contributed by atoms with E-state index < -0.39 is 17.7 Å². The lowest BCUT2D eigenvalue weighted by atomic mass is 9.79. The highest BCUT2D eigenvalue weighted by Gasteiger charge is 2.46. The number of rotatable bonds is 7. The smallest absolute Gasteiger partial charge is 0.294 e. The zero-order chi connectivity index (χ0) is 25.2. The van der Waals surface area contributed by atoms with Gasteiger partial charge in [-0.1, -0.05) is 36.6 Å². The van der Waals surface area contributed by atoms with Gasteiger partial charge in [0.05, 0.1) is 18.7 Å². The first kappa shape index (κ1) is 23.8. The Morgan fingerprint density at radius 1 is 1.08 bits per heavy atom. The third kappa shape index (κ3) is 4.51. The van der Waals surface area contributed by atoms with Crippen molar-refractivity contribution in [3.05, 3.63) is 71.3 Å². The molecule has 1 saturated carbocycles. The van der Waals surface area contributed by atoms with Crippen molar-refractivity contribution < 1.29 is 24.0 Å². The summed E-state index contributed by atoms with van der Waals surface area (Å²) in [5, 5.41) is 14.8. The molecule has 1 unspecified atom stereocenters. The highest BCUT2D eigenvalue weighted by Crippen LogP contribution is 2.41. The summed E-state index contributed by atoms with van der Waals surface area (Å²) >= 11 is 0. The van der Waals surface area contributed by atoms with E-state index >= 15 is 0 Å². The number of ether oxygens (including phenoxy) is 1. The van der Waals surface area contributed by atoms with Crippen LogP contribution in [0.1, 0.15) is 43.5 Å². The number of aryl methyl sites for hydroxylation is 1. The molecule has 8 nitrogen and oxygen atoms in total. The van der Waals surface area contributed by atoms with Crippen LogP contribution in [0, 0.1) is 12.8 Å². The topological polar surface area (TPSA) is 106 Å². The zero-order valence-corrected chi connectivity index (χ0v) is 20.4. The van der Waals surface area contributed by atoms with Crippen molar-refractivity contribution in [1.82, 2.24) is 10.1 Å². The summed E-state index contributed by atoms with van der Waals surface area (Å²) in [6.07, 6.45) is 5.13.